The van der Waals surface area contributed by atoms with Gasteiger partial charge in [0.2, 0.25) is 0 Å². The van der Waals surface area contributed by atoms with Crippen LogP contribution in [0.25, 0.3) is 11.1 Å². The van der Waals surface area contributed by atoms with Gasteiger partial charge in [-0.1, -0.05) is 30.3 Å². The van der Waals surface area contributed by atoms with E-state index in [0.717, 1.165) is 19.5 Å². The van der Waals surface area contributed by atoms with Gasteiger partial charge in [0, 0.05) is 29.5 Å². The molecule has 0 aliphatic heterocycles. The van der Waals surface area contributed by atoms with E-state index in [1.807, 2.05) is 13.8 Å². The highest BCUT2D eigenvalue weighted by Crippen LogP contribution is 2.38. The molecule has 2 aromatic carbocycles. The van der Waals surface area contributed by atoms with Gasteiger partial charge in [0.1, 0.15) is 0 Å². The SMILES string of the molecule is C[C@@H](Cl)CN(C[C@@H](C)Cl)c1ccc2c(c1)Cc1ccccc1-2. The maximum Gasteiger partial charge on any atom is 0.0483 e. The van der Waals surface area contributed by atoms with E-state index in [-0.39, 0.29) is 10.8 Å². The second-order valence-electron chi connectivity index (χ2n) is 6.14. The fourth-order valence-electron chi connectivity index (χ4n) is 3.22. The predicted octanol–water partition coefficient (Wildman–Crippen LogP) is 5.32. The van der Waals surface area contributed by atoms with E-state index < -0.39 is 0 Å². The van der Waals surface area contributed by atoms with Gasteiger partial charge in [-0.3, -0.25) is 0 Å². The molecule has 22 heavy (non-hydrogen) atoms. The minimum Gasteiger partial charge on any atom is -0.369 e. The number of hydrogen-bond donors (Lipinski definition) is 0. The molecule has 2 atom stereocenters. The minimum atomic E-state index is 0.0980. The predicted molar refractivity (Wildman–Crippen MR) is 97.5 cm³/mol. The van der Waals surface area contributed by atoms with Crippen LogP contribution < -0.4 is 4.90 Å². The molecule has 116 valence electrons. The number of nitrogens with zero attached hydrogens (tertiary/aromatic N) is 1. The molecule has 0 saturated carbocycles. The van der Waals surface area contributed by atoms with Crippen LogP contribution in [-0.4, -0.2) is 23.8 Å². The number of rotatable bonds is 5. The highest BCUT2D eigenvalue weighted by atomic mass is 35.5. The molecule has 0 unspecified atom stereocenters. The second-order valence-corrected chi connectivity index (χ2v) is 7.63. The molecule has 1 nitrogen and oxygen atoms in total. The van der Waals surface area contributed by atoms with Crippen LogP contribution in [0.5, 0.6) is 0 Å². The minimum absolute atomic E-state index is 0.0980. The summed E-state index contributed by atoms with van der Waals surface area (Å²) in [7, 11) is 0. The van der Waals surface area contributed by atoms with Crippen molar-refractivity contribution >= 4 is 28.9 Å². The Balaban J connectivity index is 1.91. The Morgan fingerprint density at radius 3 is 2.23 bits per heavy atom. The van der Waals surface area contributed by atoms with E-state index in [0.29, 0.717) is 0 Å². The van der Waals surface area contributed by atoms with E-state index >= 15 is 0 Å². The van der Waals surface area contributed by atoms with Crippen LogP contribution >= 0.6 is 23.2 Å². The average molecular weight is 334 g/mol. The monoisotopic (exact) mass is 333 g/mol. The van der Waals surface area contributed by atoms with Crippen molar-refractivity contribution in [1.82, 2.24) is 0 Å². The molecule has 0 spiro atoms. The zero-order valence-corrected chi connectivity index (χ0v) is 14.5. The number of hydrogen-bond acceptors (Lipinski definition) is 1. The summed E-state index contributed by atoms with van der Waals surface area (Å²) in [5, 5.41) is 0.196. The Morgan fingerprint density at radius 2 is 1.55 bits per heavy atom. The van der Waals surface area contributed by atoms with Gasteiger partial charge in [0.15, 0.2) is 0 Å². The fourth-order valence-corrected chi connectivity index (χ4v) is 3.55. The third kappa shape index (κ3) is 3.26. The lowest BCUT2D eigenvalue weighted by atomic mass is 10.1. The topological polar surface area (TPSA) is 3.24 Å². The largest absolute Gasteiger partial charge is 0.369 e. The zero-order valence-electron chi connectivity index (χ0n) is 13.0. The van der Waals surface area contributed by atoms with E-state index in [2.05, 4.69) is 47.4 Å². The molecular weight excluding hydrogens is 313 g/mol. The molecule has 0 aromatic heterocycles. The van der Waals surface area contributed by atoms with Gasteiger partial charge in [0.05, 0.1) is 0 Å². The molecule has 0 heterocycles. The van der Waals surface area contributed by atoms with E-state index in [1.54, 1.807) is 0 Å². The number of anilines is 1. The molecule has 1 aliphatic rings. The van der Waals surface area contributed by atoms with Gasteiger partial charge in [-0.25, -0.2) is 0 Å². The molecule has 2 aromatic rings. The van der Waals surface area contributed by atoms with Crippen molar-refractivity contribution in [3.8, 4) is 11.1 Å². The first kappa shape index (κ1) is 15.7. The molecule has 0 amide bonds. The molecule has 1 aliphatic carbocycles. The van der Waals surface area contributed by atoms with Gasteiger partial charge >= 0.3 is 0 Å². The van der Waals surface area contributed by atoms with Crippen molar-refractivity contribution in [3.05, 3.63) is 53.6 Å². The summed E-state index contributed by atoms with van der Waals surface area (Å²) in [6, 6.07) is 15.4. The van der Waals surface area contributed by atoms with Gasteiger partial charge in [-0.15, -0.1) is 23.2 Å². The summed E-state index contributed by atoms with van der Waals surface area (Å²) >= 11 is 12.4. The number of alkyl halides is 2. The summed E-state index contributed by atoms with van der Waals surface area (Å²) in [5.41, 5.74) is 6.75. The first-order valence-electron chi connectivity index (χ1n) is 7.79. The lowest BCUT2D eigenvalue weighted by molar-refractivity contribution is 0.753. The van der Waals surface area contributed by atoms with Crippen LogP contribution in [-0.2, 0) is 6.42 Å². The molecule has 3 heteroatoms. The van der Waals surface area contributed by atoms with Gasteiger partial charge in [-0.05, 0) is 54.7 Å². The zero-order chi connectivity index (χ0) is 15.7. The van der Waals surface area contributed by atoms with Crippen molar-refractivity contribution in [3.63, 3.8) is 0 Å². The number of fused-ring (bicyclic) bond motifs is 3. The smallest absolute Gasteiger partial charge is 0.0483 e. The molecule has 0 fully saturated rings. The van der Waals surface area contributed by atoms with Gasteiger partial charge in [0.25, 0.3) is 0 Å². The quantitative estimate of drug-likeness (QED) is 0.571. The molecule has 0 radical (unpaired) electrons. The number of halogens is 2. The fraction of sp³-hybridized carbons (Fsp3) is 0.368. The first-order chi connectivity index (χ1) is 10.5. The molecule has 0 saturated heterocycles. The average Bonchev–Trinajstić information content (AvgIpc) is 2.83. The first-order valence-corrected chi connectivity index (χ1v) is 8.66. The molecule has 0 bridgehead atoms. The molecular formula is C19H21Cl2N. The Morgan fingerprint density at radius 1 is 0.909 bits per heavy atom. The van der Waals surface area contributed by atoms with Crippen LogP contribution in [0.2, 0.25) is 0 Å². The maximum atomic E-state index is 6.21. The lowest BCUT2D eigenvalue weighted by Crippen LogP contribution is -2.33. The standard InChI is InChI=1S/C19H21Cl2N/c1-13(20)11-22(12-14(2)21)17-7-8-19-16(10-17)9-15-5-3-4-6-18(15)19/h3-8,10,13-14H,9,11-12H2,1-2H3/t13-,14-/m1/s1. The van der Waals surface area contributed by atoms with Crippen molar-refractivity contribution in [1.29, 1.82) is 0 Å². The van der Waals surface area contributed by atoms with Crippen LogP contribution in [0, 0.1) is 0 Å². The van der Waals surface area contributed by atoms with Crippen molar-refractivity contribution < 1.29 is 0 Å². The summed E-state index contributed by atoms with van der Waals surface area (Å²) in [4.78, 5) is 2.29. The van der Waals surface area contributed by atoms with Crippen molar-refractivity contribution in [2.24, 2.45) is 0 Å². The highest BCUT2D eigenvalue weighted by molar-refractivity contribution is 6.21. The van der Waals surface area contributed by atoms with Crippen LogP contribution in [0.3, 0.4) is 0 Å². The van der Waals surface area contributed by atoms with Crippen LogP contribution in [0.1, 0.15) is 25.0 Å². The van der Waals surface area contributed by atoms with E-state index in [9.17, 15) is 0 Å². The maximum absolute atomic E-state index is 6.21. The Labute approximate surface area is 142 Å². The summed E-state index contributed by atoms with van der Waals surface area (Å²) < 4.78 is 0. The Bertz CT molecular complexity index is 654. The van der Waals surface area contributed by atoms with Gasteiger partial charge < -0.3 is 4.90 Å². The summed E-state index contributed by atoms with van der Waals surface area (Å²) in [6.45, 7) is 5.67. The van der Waals surface area contributed by atoms with Crippen LogP contribution in [0.15, 0.2) is 42.5 Å². The van der Waals surface area contributed by atoms with E-state index in [1.165, 1.54) is 27.9 Å². The normalized spacial score (nSPS) is 15.1. The van der Waals surface area contributed by atoms with E-state index in [4.69, 9.17) is 23.2 Å². The third-order valence-electron chi connectivity index (χ3n) is 4.09. The number of benzene rings is 2. The van der Waals surface area contributed by atoms with Gasteiger partial charge in [-0.2, -0.15) is 0 Å². The second kappa shape index (κ2) is 6.52. The Kier molecular flexibility index (Phi) is 4.65. The lowest BCUT2D eigenvalue weighted by Gasteiger charge is -2.27. The highest BCUT2D eigenvalue weighted by Gasteiger charge is 2.20. The summed E-state index contributed by atoms with van der Waals surface area (Å²) in [5.74, 6) is 0. The van der Waals surface area contributed by atoms with Crippen LogP contribution in [0.4, 0.5) is 5.69 Å². The van der Waals surface area contributed by atoms with Crippen molar-refractivity contribution in [2.75, 3.05) is 18.0 Å². The Hall–Kier alpha value is -1.18. The third-order valence-corrected chi connectivity index (χ3v) is 4.36. The molecule has 3 rings (SSSR count). The molecule has 0 N–H and O–H groups in total. The van der Waals surface area contributed by atoms with Crippen molar-refractivity contribution in [2.45, 2.75) is 31.0 Å². The summed E-state index contributed by atoms with van der Waals surface area (Å²) in [6.07, 6.45) is 1.01.